The molecular weight excluding hydrogens is 322 g/mol. The average Bonchev–Trinajstić information content (AvgIpc) is 2.92. The van der Waals surface area contributed by atoms with Crippen molar-refractivity contribution in [1.29, 1.82) is 0 Å². The third-order valence-electron chi connectivity index (χ3n) is 4.46. The molecule has 0 saturated carbocycles. The molecule has 0 aliphatic carbocycles. The zero-order valence-electron chi connectivity index (χ0n) is 14.7. The van der Waals surface area contributed by atoms with E-state index in [1.165, 1.54) is 0 Å². The maximum Gasteiger partial charge on any atom is 0.326 e. The molecule has 1 heterocycles. The van der Waals surface area contributed by atoms with Crippen molar-refractivity contribution >= 4 is 11.9 Å². The van der Waals surface area contributed by atoms with Crippen molar-refractivity contribution in [2.75, 3.05) is 6.61 Å². The fourth-order valence-electron chi connectivity index (χ4n) is 3.13. The number of hydrogen-bond acceptors (Lipinski definition) is 5. The van der Waals surface area contributed by atoms with E-state index in [1.807, 2.05) is 44.2 Å². The Morgan fingerprint density at radius 2 is 1.84 bits per heavy atom. The van der Waals surface area contributed by atoms with E-state index in [-0.39, 0.29) is 30.3 Å². The maximum absolute atomic E-state index is 12.1. The minimum atomic E-state index is -1.01. The first-order chi connectivity index (χ1) is 12.0. The van der Waals surface area contributed by atoms with Gasteiger partial charge in [0.2, 0.25) is 5.91 Å². The highest BCUT2D eigenvalue weighted by molar-refractivity contribution is 5.83. The zero-order chi connectivity index (χ0) is 18.2. The van der Waals surface area contributed by atoms with Crippen molar-refractivity contribution in [2.45, 2.75) is 51.4 Å². The number of amides is 1. The second-order valence-electron chi connectivity index (χ2n) is 6.47. The molecule has 0 radical (unpaired) electrons. The first kappa shape index (κ1) is 19.4. The van der Waals surface area contributed by atoms with Crippen LogP contribution in [0.5, 0.6) is 0 Å². The molecule has 0 spiro atoms. The van der Waals surface area contributed by atoms with Gasteiger partial charge >= 0.3 is 5.97 Å². The Hall–Kier alpha value is -1.96. The lowest BCUT2D eigenvalue weighted by Gasteiger charge is -2.26. The summed E-state index contributed by atoms with van der Waals surface area (Å²) < 4.78 is 5.54. The quantitative estimate of drug-likeness (QED) is 0.498. The van der Waals surface area contributed by atoms with Crippen molar-refractivity contribution < 1.29 is 19.4 Å². The number of rotatable bonds is 9. The van der Waals surface area contributed by atoms with Crippen LogP contribution in [0.1, 0.15) is 32.3 Å². The van der Waals surface area contributed by atoms with Gasteiger partial charge in [-0.25, -0.2) is 4.79 Å². The molecule has 1 saturated heterocycles. The topological polar surface area (TPSA) is 99.7 Å². The Balaban J connectivity index is 1.71. The molecule has 1 fully saturated rings. The summed E-state index contributed by atoms with van der Waals surface area (Å²) in [6.07, 6.45) is 0.798. The Morgan fingerprint density at radius 3 is 2.44 bits per heavy atom. The highest BCUT2D eigenvalue weighted by Gasteiger charge is 2.40. The summed E-state index contributed by atoms with van der Waals surface area (Å²) in [6, 6.07) is 8.83. The van der Waals surface area contributed by atoms with Crippen LogP contribution in [0.2, 0.25) is 0 Å². The van der Waals surface area contributed by atoms with Crippen molar-refractivity contribution in [3.8, 4) is 0 Å². The van der Waals surface area contributed by atoms with Crippen LogP contribution in [-0.4, -0.2) is 41.7 Å². The van der Waals surface area contributed by atoms with Gasteiger partial charge in [0.05, 0.1) is 6.61 Å². The highest BCUT2D eigenvalue weighted by Crippen LogP contribution is 2.19. The predicted octanol–water partition coefficient (Wildman–Crippen LogP) is 1.05. The fraction of sp³-hybridized carbons (Fsp3) is 0.556. The van der Waals surface area contributed by atoms with E-state index in [2.05, 4.69) is 16.2 Å². The first-order valence-electron chi connectivity index (χ1n) is 8.64. The molecule has 3 atom stereocenters. The van der Waals surface area contributed by atoms with Gasteiger partial charge in [0.1, 0.15) is 6.04 Å². The molecule has 0 bridgehead atoms. The molecule has 4 N–H and O–H groups in total. The van der Waals surface area contributed by atoms with Gasteiger partial charge in [0.25, 0.3) is 0 Å². The summed E-state index contributed by atoms with van der Waals surface area (Å²) in [7, 11) is 0. The number of aliphatic carboxylic acids is 1. The molecule has 1 amide bonds. The molecule has 7 nitrogen and oxygen atoms in total. The SMILES string of the molecule is CC1NNC(C)C1C(NC(=O)CCCOCc1ccccc1)C(=O)O. The van der Waals surface area contributed by atoms with Crippen LogP contribution in [0, 0.1) is 5.92 Å². The van der Waals surface area contributed by atoms with Crippen LogP contribution in [0.4, 0.5) is 0 Å². The molecule has 138 valence electrons. The van der Waals surface area contributed by atoms with Crippen molar-refractivity contribution in [1.82, 2.24) is 16.2 Å². The average molecular weight is 349 g/mol. The van der Waals surface area contributed by atoms with Gasteiger partial charge in [-0.3, -0.25) is 15.6 Å². The lowest BCUT2D eigenvalue weighted by molar-refractivity contribution is -0.143. The van der Waals surface area contributed by atoms with Gasteiger partial charge in [-0.15, -0.1) is 0 Å². The molecule has 0 aromatic heterocycles. The van der Waals surface area contributed by atoms with Crippen LogP contribution in [-0.2, 0) is 20.9 Å². The monoisotopic (exact) mass is 349 g/mol. The second kappa shape index (κ2) is 9.50. The third-order valence-corrected chi connectivity index (χ3v) is 4.46. The van der Waals surface area contributed by atoms with Gasteiger partial charge in [0, 0.05) is 31.0 Å². The highest BCUT2D eigenvalue weighted by atomic mass is 16.5. The Labute approximate surface area is 148 Å². The Kier molecular flexibility index (Phi) is 7.36. The summed E-state index contributed by atoms with van der Waals surface area (Å²) in [4.78, 5) is 23.6. The molecule has 1 aliphatic heterocycles. The summed E-state index contributed by atoms with van der Waals surface area (Å²) in [5.74, 6) is -1.49. The molecule has 2 rings (SSSR count). The van der Waals surface area contributed by atoms with E-state index in [1.54, 1.807) is 0 Å². The third kappa shape index (κ3) is 5.81. The van der Waals surface area contributed by atoms with E-state index >= 15 is 0 Å². The number of ether oxygens (including phenoxy) is 1. The lowest BCUT2D eigenvalue weighted by Crippen LogP contribution is -2.51. The van der Waals surface area contributed by atoms with Crippen molar-refractivity contribution in [3.05, 3.63) is 35.9 Å². The standard InChI is InChI=1S/C18H27N3O4/c1-12-16(13(2)21-20-12)17(18(23)24)19-15(22)9-6-10-25-11-14-7-4-3-5-8-14/h3-5,7-8,12-13,16-17,20-21H,6,9-11H2,1-2H3,(H,19,22)(H,23,24). The Bertz CT molecular complexity index is 557. The number of carbonyl (C=O) groups is 2. The van der Waals surface area contributed by atoms with E-state index in [0.717, 1.165) is 5.56 Å². The van der Waals surface area contributed by atoms with Gasteiger partial charge in [-0.1, -0.05) is 30.3 Å². The van der Waals surface area contributed by atoms with Gasteiger partial charge in [-0.05, 0) is 25.8 Å². The molecule has 25 heavy (non-hydrogen) atoms. The number of carboxylic acid groups (broad SMARTS) is 1. The number of hydrogen-bond donors (Lipinski definition) is 4. The molecule has 3 unspecified atom stereocenters. The van der Waals surface area contributed by atoms with Crippen LogP contribution < -0.4 is 16.2 Å². The van der Waals surface area contributed by atoms with E-state index in [4.69, 9.17) is 4.74 Å². The molecular formula is C18H27N3O4. The van der Waals surface area contributed by atoms with E-state index in [9.17, 15) is 14.7 Å². The summed E-state index contributed by atoms with van der Waals surface area (Å²) in [5, 5.41) is 12.1. The van der Waals surface area contributed by atoms with Crippen LogP contribution in [0.25, 0.3) is 0 Å². The number of benzene rings is 1. The molecule has 1 aliphatic rings. The van der Waals surface area contributed by atoms with Crippen LogP contribution in [0.3, 0.4) is 0 Å². The van der Waals surface area contributed by atoms with Crippen molar-refractivity contribution in [2.24, 2.45) is 5.92 Å². The maximum atomic E-state index is 12.1. The number of carbonyl (C=O) groups excluding carboxylic acids is 1. The van der Waals surface area contributed by atoms with Gasteiger partial charge < -0.3 is 15.2 Å². The van der Waals surface area contributed by atoms with Gasteiger partial charge in [0.15, 0.2) is 0 Å². The van der Waals surface area contributed by atoms with Gasteiger partial charge in [-0.2, -0.15) is 0 Å². The fourth-order valence-corrected chi connectivity index (χ4v) is 3.13. The zero-order valence-corrected chi connectivity index (χ0v) is 14.7. The van der Waals surface area contributed by atoms with Crippen molar-refractivity contribution in [3.63, 3.8) is 0 Å². The number of carboxylic acids is 1. The lowest BCUT2D eigenvalue weighted by atomic mass is 9.88. The summed E-state index contributed by atoms with van der Waals surface area (Å²) in [6.45, 7) is 4.77. The minimum absolute atomic E-state index is 0.0365. The smallest absolute Gasteiger partial charge is 0.326 e. The number of nitrogens with one attached hydrogen (secondary N) is 3. The van der Waals surface area contributed by atoms with E-state index in [0.29, 0.717) is 19.6 Å². The van der Waals surface area contributed by atoms with E-state index < -0.39 is 12.0 Å². The summed E-state index contributed by atoms with van der Waals surface area (Å²) in [5.41, 5.74) is 7.12. The molecule has 1 aromatic carbocycles. The van der Waals surface area contributed by atoms with Crippen LogP contribution in [0.15, 0.2) is 30.3 Å². The molecule has 1 aromatic rings. The normalized spacial score (nSPS) is 24.0. The minimum Gasteiger partial charge on any atom is -0.480 e. The summed E-state index contributed by atoms with van der Waals surface area (Å²) >= 11 is 0. The Morgan fingerprint density at radius 1 is 1.20 bits per heavy atom. The number of hydrazine groups is 1. The van der Waals surface area contributed by atoms with Crippen LogP contribution >= 0.6 is 0 Å². The first-order valence-corrected chi connectivity index (χ1v) is 8.64. The molecule has 7 heteroatoms. The second-order valence-corrected chi connectivity index (χ2v) is 6.47. The predicted molar refractivity (Wildman–Crippen MR) is 93.6 cm³/mol. The largest absolute Gasteiger partial charge is 0.480 e.